The second-order valence-electron chi connectivity index (χ2n) is 5.84. The van der Waals surface area contributed by atoms with Gasteiger partial charge in [0, 0.05) is 5.69 Å². The van der Waals surface area contributed by atoms with Gasteiger partial charge in [-0.05, 0) is 51.8 Å². The number of rotatable bonds is 2. The van der Waals surface area contributed by atoms with Crippen molar-refractivity contribution in [3.05, 3.63) is 46.1 Å². The summed E-state index contributed by atoms with van der Waals surface area (Å²) in [5.74, 6) is 1.43. The van der Waals surface area contributed by atoms with Crippen LogP contribution in [0.1, 0.15) is 41.0 Å². The second-order valence-corrected chi connectivity index (χ2v) is 5.84. The molecule has 1 unspecified atom stereocenters. The Bertz CT molecular complexity index is 743. The lowest BCUT2D eigenvalue weighted by molar-refractivity contribution is 0.215. The number of hydrogen-bond donors (Lipinski definition) is 0. The van der Waals surface area contributed by atoms with Crippen molar-refractivity contribution in [2.75, 3.05) is 0 Å². The van der Waals surface area contributed by atoms with Gasteiger partial charge in [-0.1, -0.05) is 17.7 Å². The van der Waals surface area contributed by atoms with Gasteiger partial charge in [-0.25, -0.2) is 9.98 Å². The van der Waals surface area contributed by atoms with E-state index in [1.54, 1.807) is 0 Å². The Morgan fingerprint density at radius 2 is 1.73 bits per heavy atom. The molecule has 1 aliphatic rings. The molecule has 0 spiro atoms. The van der Waals surface area contributed by atoms with Crippen LogP contribution in [0.4, 0.5) is 5.69 Å². The predicted molar refractivity (Wildman–Crippen MR) is 87.4 cm³/mol. The van der Waals surface area contributed by atoms with E-state index in [4.69, 9.17) is 9.47 Å². The molecule has 4 heteroatoms. The minimum Gasteiger partial charge on any atom is -0.475 e. The first kappa shape index (κ1) is 14.6. The molecule has 0 fully saturated rings. The molecule has 0 bridgehead atoms. The van der Waals surface area contributed by atoms with Gasteiger partial charge in [-0.3, -0.25) is 0 Å². The Balaban J connectivity index is 2.11. The number of pyridine rings is 1. The average molecular weight is 296 g/mol. The largest absolute Gasteiger partial charge is 0.475 e. The fourth-order valence-electron chi connectivity index (χ4n) is 2.88. The van der Waals surface area contributed by atoms with Gasteiger partial charge in [-0.2, -0.15) is 0 Å². The van der Waals surface area contributed by atoms with Crippen LogP contribution in [-0.4, -0.2) is 11.4 Å². The summed E-state index contributed by atoms with van der Waals surface area (Å²) in [5.41, 5.74) is 6.06. The summed E-state index contributed by atoms with van der Waals surface area (Å²) in [6.45, 7) is 10.1. The molecule has 1 aromatic carbocycles. The van der Waals surface area contributed by atoms with E-state index in [0.29, 0.717) is 5.88 Å². The summed E-state index contributed by atoms with van der Waals surface area (Å²) in [7, 11) is 0. The van der Waals surface area contributed by atoms with Crippen molar-refractivity contribution >= 4 is 12.1 Å². The van der Waals surface area contributed by atoms with Crippen LogP contribution in [0.25, 0.3) is 0 Å². The van der Waals surface area contributed by atoms with Gasteiger partial charge in [0.1, 0.15) is 11.9 Å². The summed E-state index contributed by atoms with van der Waals surface area (Å²) >= 11 is 0. The average Bonchev–Trinajstić information content (AvgIpc) is 2.42. The van der Waals surface area contributed by atoms with Gasteiger partial charge < -0.3 is 9.47 Å². The zero-order valence-corrected chi connectivity index (χ0v) is 13.6. The highest BCUT2D eigenvalue weighted by Gasteiger charge is 2.23. The first-order valence-corrected chi connectivity index (χ1v) is 7.41. The molecule has 1 atom stereocenters. The number of hydrogen-bond acceptors (Lipinski definition) is 4. The zero-order chi connectivity index (χ0) is 15.9. The molecule has 0 aliphatic carbocycles. The van der Waals surface area contributed by atoms with Crippen LogP contribution in [0.3, 0.4) is 0 Å². The van der Waals surface area contributed by atoms with Gasteiger partial charge in [0.25, 0.3) is 0 Å². The molecule has 22 heavy (non-hydrogen) atoms. The van der Waals surface area contributed by atoms with E-state index in [1.807, 2.05) is 19.9 Å². The molecule has 0 saturated carbocycles. The van der Waals surface area contributed by atoms with E-state index >= 15 is 0 Å². The summed E-state index contributed by atoms with van der Waals surface area (Å²) in [4.78, 5) is 8.86. The molecule has 0 amide bonds. The van der Waals surface area contributed by atoms with E-state index in [2.05, 4.69) is 42.9 Å². The second kappa shape index (κ2) is 5.44. The van der Waals surface area contributed by atoms with Crippen molar-refractivity contribution in [3.63, 3.8) is 0 Å². The lowest BCUT2D eigenvalue weighted by Gasteiger charge is -2.22. The van der Waals surface area contributed by atoms with Crippen LogP contribution in [-0.2, 0) is 4.74 Å². The number of aromatic nitrogens is 1. The Kier molecular flexibility index (Phi) is 3.61. The lowest BCUT2D eigenvalue weighted by atomic mass is 10.1. The van der Waals surface area contributed by atoms with Gasteiger partial charge in [0.05, 0.1) is 11.3 Å². The van der Waals surface area contributed by atoms with Crippen molar-refractivity contribution in [1.82, 2.24) is 4.98 Å². The minimum atomic E-state index is -0.123. The van der Waals surface area contributed by atoms with Gasteiger partial charge in [0.2, 0.25) is 5.88 Å². The third kappa shape index (κ3) is 2.56. The molecule has 0 radical (unpaired) electrons. The number of aliphatic imine (C=N–C) groups is 1. The SMILES string of the molecule is Cc1cc(C)c(Oc2nc(C)cc3c2C(C)OC=N3)c(C)c1. The molecule has 2 aromatic rings. The van der Waals surface area contributed by atoms with Crippen LogP contribution in [0.15, 0.2) is 23.2 Å². The highest BCUT2D eigenvalue weighted by molar-refractivity contribution is 5.65. The third-order valence-electron chi connectivity index (χ3n) is 3.80. The maximum Gasteiger partial charge on any atom is 0.228 e. The van der Waals surface area contributed by atoms with Gasteiger partial charge in [0.15, 0.2) is 6.40 Å². The number of aryl methyl sites for hydroxylation is 4. The zero-order valence-electron chi connectivity index (χ0n) is 13.6. The van der Waals surface area contributed by atoms with E-state index in [0.717, 1.165) is 33.8 Å². The van der Waals surface area contributed by atoms with Crippen molar-refractivity contribution in [2.24, 2.45) is 4.99 Å². The standard InChI is InChI=1S/C18H20N2O2/c1-10-6-11(2)17(12(3)7-10)22-18-16-14(5)21-9-19-15(16)8-13(4)20-18/h6-9,14H,1-5H3. The molecule has 4 nitrogen and oxygen atoms in total. The summed E-state index contributed by atoms with van der Waals surface area (Å²) < 4.78 is 11.7. The Labute approximate surface area is 130 Å². The molecule has 1 aliphatic heterocycles. The van der Waals surface area contributed by atoms with Crippen molar-refractivity contribution in [2.45, 2.75) is 40.7 Å². The summed E-state index contributed by atoms with van der Waals surface area (Å²) in [6, 6.07) is 6.18. The molecule has 0 saturated heterocycles. The highest BCUT2D eigenvalue weighted by atomic mass is 16.5. The first-order valence-electron chi connectivity index (χ1n) is 7.41. The van der Waals surface area contributed by atoms with Crippen LogP contribution in [0.5, 0.6) is 11.6 Å². The smallest absolute Gasteiger partial charge is 0.228 e. The van der Waals surface area contributed by atoms with E-state index < -0.39 is 0 Å². The maximum atomic E-state index is 6.18. The van der Waals surface area contributed by atoms with Crippen molar-refractivity contribution < 1.29 is 9.47 Å². The third-order valence-corrected chi connectivity index (χ3v) is 3.80. The molecule has 3 rings (SSSR count). The number of nitrogens with zero attached hydrogens (tertiary/aromatic N) is 2. The van der Waals surface area contributed by atoms with Crippen LogP contribution in [0.2, 0.25) is 0 Å². The fraction of sp³-hybridized carbons (Fsp3) is 0.333. The van der Waals surface area contributed by atoms with Crippen LogP contribution >= 0.6 is 0 Å². The van der Waals surface area contributed by atoms with Crippen LogP contribution < -0.4 is 4.74 Å². The molecular formula is C18H20N2O2. The van der Waals surface area contributed by atoms with Crippen molar-refractivity contribution in [3.8, 4) is 11.6 Å². The highest BCUT2D eigenvalue weighted by Crippen LogP contribution is 2.40. The lowest BCUT2D eigenvalue weighted by Crippen LogP contribution is -2.08. The Hall–Kier alpha value is -2.36. The normalized spacial score (nSPS) is 16.1. The first-order chi connectivity index (χ1) is 10.5. The molecule has 1 aromatic heterocycles. The summed E-state index contributed by atoms with van der Waals surface area (Å²) in [6.07, 6.45) is 1.36. The fourth-order valence-corrected chi connectivity index (χ4v) is 2.88. The Morgan fingerprint density at radius 1 is 1.05 bits per heavy atom. The maximum absolute atomic E-state index is 6.18. The van der Waals surface area contributed by atoms with E-state index in [9.17, 15) is 0 Å². The molecular weight excluding hydrogens is 276 g/mol. The Morgan fingerprint density at radius 3 is 2.41 bits per heavy atom. The molecule has 114 valence electrons. The minimum absolute atomic E-state index is 0.123. The summed E-state index contributed by atoms with van der Waals surface area (Å²) in [5, 5.41) is 0. The predicted octanol–water partition coefficient (Wildman–Crippen LogP) is 4.86. The monoisotopic (exact) mass is 296 g/mol. The van der Waals surface area contributed by atoms with E-state index in [-0.39, 0.29) is 6.10 Å². The quantitative estimate of drug-likeness (QED) is 0.795. The van der Waals surface area contributed by atoms with Gasteiger partial charge >= 0.3 is 0 Å². The van der Waals surface area contributed by atoms with Crippen molar-refractivity contribution in [1.29, 1.82) is 0 Å². The number of benzene rings is 1. The van der Waals surface area contributed by atoms with E-state index in [1.165, 1.54) is 12.0 Å². The topological polar surface area (TPSA) is 43.7 Å². The number of fused-ring (bicyclic) bond motifs is 1. The van der Waals surface area contributed by atoms with Crippen LogP contribution in [0, 0.1) is 27.7 Å². The van der Waals surface area contributed by atoms with Gasteiger partial charge in [-0.15, -0.1) is 0 Å². The number of ether oxygens (including phenoxy) is 2. The molecule has 2 heterocycles. The molecule has 0 N–H and O–H groups in total.